The van der Waals surface area contributed by atoms with Crippen LogP contribution in [0.1, 0.15) is 15.9 Å². The van der Waals surface area contributed by atoms with Crippen LogP contribution >= 0.6 is 11.6 Å². The highest BCUT2D eigenvalue weighted by Gasteiger charge is 2.16. The van der Waals surface area contributed by atoms with Crippen LogP contribution in [0.15, 0.2) is 18.2 Å². The lowest BCUT2D eigenvalue weighted by atomic mass is 10.1. The summed E-state index contributed by atoms with van der Waals surface area (Å²) in [5, 5.41) is 13.5. The monoisotopic (exact) mass is 274 g/mol. The van der Waals surface area contributed by atoms with Crippen LogP contribution in [0.25, 0.3) is 11.3 Å². The first-order chi connectivity index (χ1) is 9.08. The maximum Gasteiger partial charge on any atom is 0.156 e. The zero-order valence-electron chi connectivity index (χ0n) is 10.2. The van der Waals surface area contributed by atoms with E-state index in [1.54, 1.807) is 12.1 Å². The lowest BCUT2D eigenvalue weighted by Crippen LogP contribution is -2.03. The van der Waals surface area contributed by atoms with E-state index in [0.29, 0.717) is 17.0 Å². The topological polar surface area (TPSA) is 84.7 Å². The van der Waals surface area contributed by atoms with E-state index in [-0.39, 0.29) is 17.9 Å². The maximum absolute atomic E-state index is 11.1. The van der Waals surface area contributed by atoms with E-state index in [9.17, 15) is 4.79 Å². The number of nitriles is 1. The van der Waals surface area contributed by atoms with E-state index < -0.39 is 0 Å². The number of nitrogens with two attached hydrogens (primary N) is 1. The number of hydrogen-bond acceptors (Lipinski definition) is 4. The molecule has 2 N–H and O–H groups in total. The van der Waals surface area contributed by atoms with Crippen LogP contribution in [0, 0.1) is 18.3 Å². The van der Waals surface area contributed by atoms with E-state index in [4.69, 9.17) is 22.6 Å². The van der Waals surface area contributed by atoms with E-state index >= 15 is 0 Å². The Kier molecular flexibility index (Phi) is 3.54. The first-order valence-corrected chi connectivity index (χ1v) is 5.91. The van der Waals surface area contributed by atoms with Crippen LogP contribution in [0.4, 0.5) is 5.82 Å². The van der Waals surface area contributed by atoms with Gasteiger partial charge >= 0.3 is 0 Å². The maximum atomic E-state index is 11.1. The minimum atomic E-state index is -0.000749. The largest absolute Gasteiger partial charge is 0.383 e. The summed E-state index contributed by atoms with van der Waals surface area (Å²) in [6.45, 7) is 1.86. The summed E-state index contributed by atoms with van der Waals surface area (Å²) in [5.41, 5.74) is 8.17. The third-order valence-corrected chi connectivity index (χ3v) is 3.22. The molecule has 0 fully saturated rings. The van der Waals surface area contributed by atoms with Crippen LogP contribution in [0.3, 0.4) is 0 Å². The molecule has 0 aliphatic carbocycles. The van der Waals surface area contributed by atoms with Crippen LogP contribution < -0.4 is 5.73 Å². The fourth-order valence-electron chi connectivity index (χ4n) is 1.80. The molecule has 19 heavy (non-hydrogen) atoms. The van der Waals surface area contributed by atoms with Crippen molar-refractivity contribution in [2.45, 2.75) is 13.5 Å². The fraction of sp³-hybridized carbons (Fsp3) is 0.154. The van der Waals surface area contributed by atoms with Gasteiger partial charge in [0.25, 0.3) is 0 Å². The molecular weight excluding hydrogens is 264 g/mol. The fourth-order valence-corrected chi connectivity index (χ4v) is 1.92. The number of aryl methyl sites for hydroxylation is 1. The predicted octanol–water partition coefficient (Wildman–Crippen LogP) is 2.43. The van der Waals surface area contributed by atoms with Gasteiger partial charge in [-0.15, -0.1) is 0 Å². The lowest BCUT2D eigenvalue weighted by Gasteiger charge is -2.01. The molecular formula is C13H11ClN4O. The van der Waals surface area contributed by atoms with Gasteiger partial charge in [0, 0.05) is 10.6 Å². The Morgan fingerprint density at radius 3 is 2.89 bits per heavy atom. The van der Waals surface area contributed by atoms with E-state index in [1.807, 2.05) is 19.1 Å². The number of aromatic nitrogens is 2. The van der Waals surface area contributed by atoms with Crippen molar-refractivity contribution in [2.24, 2.45) is 0 Å². The Morgan fingerprint density at radius 2 is 2.32 bits per heavy atom. The molecule has 0 unspecified atom stereocenters. The number of rotatable bonds is 3. The van der Waals surface area contributed by atoms with E-state index in [0.717, 1.165) is 11.1 Å². The first kappa shape index (κ1) is 13.1. The van der Waals surface area contributed by atoms with Crippen LogP contribution in [0.5, 0.6) is 0 Å². The molecule has 2 aromatic rings. The van der Waals surface area contributed by atoms with Gasteiger partial charge < -0.3 is 5.73 Å². The van der Waals surface area contributed by atoms with Crippen molar-refractivity contribution in [3.63, 3.8) is 0 Å². The molecule has 2 rings (SSSR count). The molecule has 0 amide bonds. The molecule has 0 bridgehead atoms. The quantitative estimate of drug-likeness (QED) is 0.871. The van der Waals surface area contributed by atoms with Gasteiger partial charge in [0.05, 0.1) is 11.6 Å². The summed E-state index contributed by atoms with van der Waals surface area (Å²) in [6, 6.07) is 7.27. The number of halogens is 1. The summed E-state index contributed by atoms with van der Waals surface area (Å²) >= 11 is 5.97. The Bertz CT molecular complexity index is 685. The molecule has 0 spiro atoms. The van der Waals surface area contributed by atoms with Crippen molar-refractivity contribution in [3.8, 4) is 17.3 Å². The molecule has 1 heterocycles. The van der Waals surface area contributed by atoms with Gasteiger partial charge in [0.2, 0.25) is 0 Å². The molecule has 6 heteroatoms. The summed E-state index contributed by atoms with van der Waals surface area (Å²) < 4.78 is 1.31. The van der Waals surface area contributed by atoms with Crippen molar-refractivity contribution in [3.05, 3.63) is 34.3 Å². The smallest absolute Gasteiger partial charge is 0.156 e. The minimum absolute atomic E-state index is 0.000749. The number of nitrogen functional groups attached to an aromatic ring is 1. The van der Waals surface area contributed by atoms with Gasteiger partial charge in [0.1, 0.15) is 18.1 Å². The number of benzene rings is 1. The van der Waals surface area contributed by atoms with Crippen LogP contribution in [-0.4, -0.2) is 16.1 Å². The van der Waals surface area contributed by atoms with Crippen LogP contribution in [0.2, 0.25) is 5.02 Å². The van der Waals surface area contributed by atoms with Crippen molar-refractivity contribution < 1.29 is 4.79 Å². The molecule has 0 aliphatic rings. The summed E-state index contributed by atoms with van der Waals surface area (Å²) in [6.07, 6.45) is 0.648. The highest BCUT2D eigenvalue weighted by molar-refractivity contribution is 6.31. The minimum Gasteiger partial charge on any atom is -0.383 e. The van der Waals surface area contributed by atoms with Gasteiger partial charge in [-0.1, -0.05) is 17.7 Å². The highest BCUT2D eigenvalue weighted by atomic mass is 35.5. The number of aldehydes is 1. The molecule has 0 saturated carbocycles. The van der Waals surface area contributed by atoms with Gasteiger partial charge in [0.15, 0.2) is 6.29 Å². The Labute approximate surface area is 115 Å². The third kappa shape index (κ3) is 2.30. The SMILES string of the molecule is Cc1cc(-c2nn(CC#N)c(N)c2C=O)ccc1Cl. The van der Waals surface area contributed by atoms with Crippen molar-refractivity contribution >= 4 is 23.7 Å². The number of nitrogens with zero attached hydrogens (tertiary/aromatic N) is 3. The van der Waals surface area contributed by atoms with Crippen LogP contribution in [-0.2, 0) is 6.54 Å². The van der Waals surface area contributed by atoms with E-state index in [2.05, 4.69) is 5.10 Å². The summed E-state index contributed by atoms with van der Waals surface area (Å²) in [4.78, 5) is 11.1. The summed E-state index contributed by atoms with van der Waals surface area (Å²) in [7, 11) is 0. The second-order valence-corrected chi connectivity index (χ2v) is 4.45. The first-order valence-electron chi connectivity index (χ1n) is 5.53. The normalized spacial score (nSPS) is 10.2. The molecule has 1 aromatic heterocycles. The average molecular weight is 275 g/mol. The lowest BCUT2D eigenvalue weighted by molar-refractivity contribution is 0.112. The number of carbonyl (C=O) groups is 1. The average Bonchev–Trinajstić information content (AvgIpc) is 2.70. The zero-order valence-corrected chi connectivity index (χ0v) is 11.0. The Balaban J connectivity index is 2.61. The molecule has 5 nitrogen and oxygen atoms in total. The second-order valence-electron chi connectivity index (χ2n) is 4.05. The number of hydrogen-bond donors (Lipinski definition) is 1. The van der Waals surface area contributed by atoms with Gasteiger partial charge in [-0.2, -0.15) is 10.4 Å². The van der Waals surface area contributed by atoms with Crippen molar-refractivity contribution in [1.29, 1.82) is 5.26 Å². The Hall–Kier alpha value is -2.32. The third-order valence-electron chi connectivity index (χ3n) is 2.80. The Morgan fingerprint density at radius 1 is 1.58 bits per heavy atom. The molecule has 0 aliphatic heterocycles. The predicted molar refractivity (Wildman–Crippen MR) is 72.8 cm³/mol. The molecule has 96 valence electrons. The molecule has 0 atom stereocenters. The number of anilines is 1. The molecule has 0 saturated heterocycles. The van der Waals surface area contributed by atoms with Gasteiger partial charge in [-0.3, -0.25) is 4.79 Å². The van der Waals surface area contributed by atoms with Gasteiger partial charge in [-0.05, 0) is 24.6 Å². The van der Waals surface area contributed by atoms with E-state index in [1.165, 1.54) is 4.68 Å². The highest BCUT2D eigenvalue weighted by Crippen LogP contribution is 2.28. The van der Waals surface area contributed by atoms with Crippen molar-refractivity contribution in [1.82, 2.24) is 9.78 Å². The zero-order chi connectivity index (χ0) is 14.0. The van der Waals surface area contributed by atoms with Gasteiger partial charge in [-0.25, -0.2) is 4.68 Å². The number of carbonyl (C=O) groups excluding carboxylic acids is 1. The molecule has 1 aromatic carbocycles. The van der Waals surface area contributed by atoms with Crippen molar-refractivity contribution in [2.75, 3.05) is 5.73 Å². The second kappa shape index (κ2) is 5.12. The summed E-state index contributed by atoms with van der Waals surface area (Å²) in [5.74, 6) is 0.194. The standard InChI is InChI=1S/C13H11ClN4O/c1-8-6-9(2-3-11(8)14)12-10(7-19)13(16)18(17-12)5-4-15/h2-3,6-7H,5,16H2,1H3. The molecule has 0 radical (unpaired) electrons.